The molecule has 1 aromatic carbocycles. The number of hydrogen-bond acceptors (Lipinski definition) is 2. The molecular weight excluding hydrogens is 247 g/mol. The molecule has 94 valence electrons. The molecule has 0 heterocycles. The Hall–Kier alpha value is -0.840. The van der Waals surface area contributed by atoms with Crippen molar-refractivity contribution in [1.29, 1.82) is 0 Å². The Morgan fingerprint density at radius 3 is 2.29 bits per heavy atom. The summed E-state index contributed by atoms with van der Waals surface area (Å²) in [7, 11) is 0. The van der Waals surface area contributed by atoms with Crippen molar-refractivity contribution < 1.29 is 13.2 Å². The van der Waals surface area contributed by atoms with E-state index in [-0.39, 0.29) is 16.7 Å². The predicted octanol–water partition coefficient (Wildman–Crippen LogP) is 4.51. The van der Waals surface area contributed by atoms with E-state index in [1.165, 1.54) is 25.0 Å². The Morgan fingerprint density at radius 2 is 1.82 bits per heavy atom. The fourth-order valence-corrected chi connectivity index (χ4v) is 2.27. The van der Waals surface area contributed by atoms with E-state index in [0.29, 0.717) is 6.04 Å². The number of benzene rings is 1. The number of anilines is 1. The summed E-state index contributed by atoms with van der Waals surface area (Å²) in [5.41, 5.74) is -3.33. The summed E-state index contributed by atoms with van der Waals surface area (Å²) in [5.74, 6) is 0.722. The van der Waals surface area contributed by atoms with Gasteiger partial charge in [0.2, 0.25) is 0 Å². The minimum Gasteiger partial charge on any atom is -0.382 e. The molecule has 1 saturated carbocycles. The number of alkyl halides is 3. The summed E-state index contributed by atoms with van der Waals surface area (Å²) in [6.45, 7) is 2.11. The lowest BCUT2D eigenvalue weighted by Gasteiger charge is -2.14. The maximum Gasteiger partial charge on any atom is 0.446 e. The first-order valence-electron chi connectivity index (χ1n) is 5.56. The monoisotopic (exact) mass is 261 g/mol. The van der Waals surface area contributed by atoms with Crippen molar-refractivity contribution in [2.24, 2.45) is 5.92 Å². The first-order valence-corrected chi connectivity index (χ1v) is 6.38. The molecule has 0 amide bonds. The summed E-state index contributed by atoms with van der Waals surface area (Å²) < 4.78 is 36.3. The highest BCUT2D eigenvalue weighted by Gasteiger charge is 2.29. The third-order valence-corrected chi connectivity index (χ3v) is 3.55. The Kier molecular flexibility index (Phi) is 3.56. The molecule has 1 aliphatic carbocycles. The molecule has 0 saturated heterocycles. The first kappa shape index (κ1) is 12.6. The summed E-state index contributed by atoms with van der Waals surface area (Å²) in [6.07, 6.45) is 2.49. The SMILES string of the molecule is CC(Nc1ccc(SC(F)(F)F)cc1)C1CC1. The van der Waals surface area contributed by atoms with E-state index in [4.69, 9.17) is 0 Å². The van der Waals surface area contributed by atoms with Crippen LogP contribution in [0.3, 0.4) is 0 Å². The Bertz CT molecular complexity index is 370. The fourth-order valence-electron chi connectivity index (χ4n) is 1.73. The fraction of sp³-hybridized carbons (Fsp3) is 0.500. The third-order valence-electron chi connectivity index (χ3n) is 2.81. The average Bonchev–Trinajstić information content (AvgIpc) is 3.02. The van der Waals surface area contributed by atoms with Crippen LogP contribution in [-0.4, -0.2) is 11.6 Å². The van der Waals surface area contributed by atoms with Crippen molar-refractivity contribution >= 4 is 17.4 Å². The van der Waals surface area contributed by atoms with Gasteiger partial charge in [-0.1, -0.05) is 0 Å². The van der Waals surface area contributed by atoms with Crippen LogP contribution >= 0.6 is 11.8 Å². The molecule has 17 heavy (non-hydrogen) atoms. The minimum atomic E-state index is -4.21. The normalized spacial score (nSPS) is 17.9. The van der Waals surface area contributed by atoms with Gasteiger partial charge in [-0.05, 0) is 61.7 Å². The van der Waals surface area contributed by atoms with Crippen LogP contribution in [0.5, 0.6) is 0 Å². The van der Waals surface area contributed by atoms with E-state index in [1.54, 1.807) is 12.1 Å². The van der Waals surface area contributed by atoms with Crippen molar-refractivity contribution in [2.45, 2.75) is 36.2 Å². The van der Waals surface area contributed by atoms with Crippen LogP contribution in [0.1, 0.15) is 19.8 Å². The molecule has 1 atom stereocenters. The van der Waals surface area contributed by atoms with Gasteiger partial charge in [0.25, 0.3) is 0 Å². The second-order valence-electron chi connectivity index (χ2n) is 4.34. The number of rotatable bonds is 4. The molecular formula is C12H14F3NS. The van der Waals surface area contributed by atoms with Crippen molar-refractivity contribution in [3.63, 3.8) is 0 Å². The molecule has 0 bridgehead atoms. The zero-order valence-electron chi connectivity index (χ0n) is 9.42. The first-order chi connectivity index (χ1) is 7.94. The molecule has 0 radical (unpaired) electrons. The van der Waals surface area contributed by atoms with Crippen LogP contribution in [0.15, 0.2) is 29.2 Å². The lowest BCUT2D eigenvalue weighted by Crippen LogP contribution is -2.16. The number of halogens is 3. The lowest BCUT2D eigenvalue weighted by molar-refractivity contribution is -0.0328. The Labute approximate surface area is 103 Å². The number of nitrogens with one attached hydrogen (secondary N) is 1. The van der Waals surface area contributed by atoms with E-state index >= 15 is 0 Å². The second-order valence-corrected chi connectivity index (χ2v) is 5.48. The van der Waals surface area contributed by atoms with Gasteiger partial charge in [0, 0.05) is 16.6 Å². The summed E-state index contributed by atoms with van der Waals surface area (Å²) in [4.78, 5) is 0.224. The molecule has 1 aromatic rings. The van der Waals surface area contributed by atoms with Gasteiger partial charge in [0.1, 0.15) is 0 Å². The maximum absolute atomic E-state index is 12.1. The Balaban J connectivity index is 1.92. The molecule has 0 aliphatic heterocycles. The van der Waals surface area contributed by atoms with Crippen LogP contribution in [0, 0.1) is 5.92 Å². The van der Waals surface area contributed by atoms with Crippen LogP contribution in [-0.2, 0) is 0 Å². The van der Waals surface area contributed by atoms with Gasteiger partial charge in [-0.2, -0.15) is 13.2 Å². The maximum atomic E-state index is 12.1. The summed E-state index contributed by atoms with van der Waals surface area (Å²) in [5, 5.41) is 3.30. The summed E-state index contributed by atoms with van der Waals surface area (Å²) >= 11 is -0.0808. The smallest absolute Gasteiger partial charge is 0.382 e. The standard InChI is InChI=1S/C12H14F3NS/c1-8(9-2-3-9)16-10-4-6-11(7-5-10)17-12(13,14)15/h4-9,16H,2-3H2,1H3. The Morgan fingerprint density at radius 1 is 1.24 bits per heavy atom. The third kappa shape index (κ3) is 4.15. The molecule has 2 rings (SSSR count). The van der Waals surface area contributed by atoms with Crippen LogP contribution in [0.2, 0.25) is 0 Å². The van der Waals surface area contributed by atoms with Gasteiger partial charge < -0.3 is 5.32 Å². The topological polar surface area (TPSA) is 12.0 Å². The molecule has 0 spiro atoms. The number of thioether (sulfide) groups is 1. The second kappa shape index (κ2) is 4.80. The molecule has 0 aromatic heterocycles. The van der Waals surface area contributed by atoms with Crippen LogP contribution < -0.4 is 5.32 Å². The van der Waals surface area contributed by atoms with E-state index in [1.807, 2.05) is 0 Å². The van der Waals surface area contributed by atoms with E-state index in [2.05, 4.69) is 12.2 Å². The zero-order valence-corrected chi connectivity index (χ0v) is 10.2. The van der Waals surface area contributed by atoms with Gasteiger partial charge in [-0.3, -0.25) is 0 Å². The van der Waals surface area contributed by atoms with Crippen LogP contribution in [0.4, 0.5) is 18.9 Å². The molecule has 1 fully saturated rings. The highest BCUT2D eigenvalue weighted by molar-refractivity contribution is 8.00. The predicted molar refractivity (Wildman–Crippen MR) is 64.2 cm³/mol. The lowest BCUT2D eigenvalue weighted by atomic mass is 10.2. The minimum absolute atomic E-state index is 0.0808. The molecule has 1 unspecified atom stereocenters. The van der Waals surface area contributed by atoms with Crippen LogP contribution in [0.25, 0.3) is 0 Å². The van der Waals surface area contributed by atoms with Crippen molar-refractivity contribution in [3.05, 3.63) is 24.3 Å². The zero-order chi connectivity index (χ0) is 12.5. The molecule has 1 nitrogen and oxygen atoms in total. The van der Waals surface area contributed by atoms with E-state index in [0.717, 1.165) is 11.6 Å². The van der Waals surface area contributed by atoms with E-state index < -0.39 is 5.51 Å². The van der Waals surface area contributed by atoms with Crippen molar-refractivity contribution in [2.75, 3.05) is 5.32 Å². The highest BCUT2D eigenvalue weighted by atomic mass is 32.2. The van der Waals surface area contributed by atoms with Gasteiger partial charge >= 0.3 is 5.51 Å². The quantitative estimate of drug-likeness (QED) is 0.800. The average molecular weight is 261 g/mol. The summed E-state index contributed by atoms with van der Waals surface area (Å²) in [6, 6.07) is 6.80. The van der Waals surface area contributed by atoms with Crippen molar-refractivity contribution in [3.8, 4) is 0 Å². The van der Waals surface area contributed by atoms with Gasteiger partial charge in [0.15, 0.2) is 0 Å². The van der Waals surface area contributed by atoms with E-state index in [9.17, 15) is 13.2 Å². The van der Waals surface area contributed by atoms with Gasteiger partial charge in [0.05, 0.1) is 0 Å². The molecule has 5 heteroatoms. The van der Waals surface area contributed by atoms with Gasteiger partial charge in [-0.25, -0.2) is 0 Å². The largest absolute Gasteiger partial charge is 0.446 e. The van der Waals surface area contributed by atoms with Gasteiger partial charge in [-0.15, -0.1) is 0 Å². The molecule has 1 N–H and O–H groups in total. The highest BCUT2D eigenvalue weighted by Crippen LogP contribution is 2.37. The number of hydrogen-bond donors (Lipinski definition) is 1. The molecule has 1 aliphatic rings. The van der Waals surface area contributed by atoms with Crippen molar-refractivity contribution in [1.82, 2.24) is 0 Å².